The Labute approximate surface area is 406 Å². The van der Waals surface area contributed by atoms with Crippen LogP contribution in [0.4, 0.5) is 17.1 Å². The lowest BCUT2D eigenvalue weighted by molar-refractivity contribution is 0.108. The molecule has 1 nitrogen and oxygen atoms in total. The summed E-state index contributed by atoms with van der Waals surface area (Å²) >= 11 is 0. The molecule has 6 aromatic rings. The lowest BCUT2D eigenvalue weighted by Crippen LogP contribution is -2.59. The lowest BCUT2D eigenvalue weighted by atomic mass is 9.33. The molecule has 1 heterocycles. The van der Waals surface area contributed by atoms with Gasteiger partial charge in [-0.2, -0.15) is 0 Å². The number of rotatable bonds is 6. The van der Waals surface area contributed by atoms with E-state index in [1.165, 1.54) is 140 Å². The van der Waals surface area contributed by atoms with Gasteiger partial charge in [0.15, 0.2) is 0 Å². The van der Waals surface area contributed by atoms with Crippen LogP contribution in [0, 0.1) is 31.6 Å². The predicted octanol–water partition coefficient (Wildman–Crippen LogP) is 15.8. The number of benzene rings is 6. The van der Waals surface area contributed by atoms with E-state index in [9.17, 15) is 0 Å². The first kappa shape index (κ1) is 45.9. The van der Waals surface area contributed by atoms with Gasteiger partial charge < -0.3 is 4.90 Å². The highest BCUT2D eigenvalue weighted by atomic mass is 15.2. The van der Waals surface area contributed by atoms with Gasteiger partial charge in [0.25, 0.3) is 0 Å². The Balaban J connectivity index is 1.20. The van der Waals surface area contributed by atoms with Gasteiger partial charge in [-0.05, 0) is 171 Å². The molecule has 0 saturated heterocycles. The predicted molar refractivity (Wildman–Crippen MR) is 291 cm³/mol. The number of anilines is 3. The maximum atomic E-state index is 2.67. The summed E-state index contributed by atoms with van der Waals surface area (Å²) in [5.41, 5.74) is 26.0. The van der Waals surface area contributed by atoms with E-state index in [2.05, 4.69) is 211 Å². The molecule has 0 bridgehead atoms. The molecule has 67 heavy (non-hydrogen) atoms. The fraction of sp³-hybridized carbons (Fsp3) is 0.446. The van der Waals surface area contributed by atoms with E-state index >= 15 is 0 Å². The van der Waals surface area contributed by atoms with E-state index in [1.54, 1.807) is 11.1 Å². The third-order valence-electron chi connectivity index (χ3n) is 19.2. The topological polar surface area (TPSA) is 3.24 Å². The number of nitrogens with zero attached hydrogens (tertiary/aromatic N) is 1. The van der Waals surface area contributed by atoms with Crippen molar-refractivity contribution in [3.05, 3.63) is 165 Å². The van der Waals surface area contributed by atoms with Crippen LogP contribution in [0.25, 0.3) is 11.1 Å². The molecule has 2 saturated carbocycles. The first-order chi connectivity index (χ1) is 31.6. The third kappa shape index (κ3) is 7.15. The van der Waals surface area contributed by atoms with E-state index in [0.29, 0.717) is 0 Å². The van der Waals surface area contributed by atoms with E-state index in [-0.39, 0.29) is 39.2 Å². The molecule has 1 aliphatic heterocycles. The van der Waals surface area contributed by atoms with Crippen LogP contribution < -0.4 is 21.3 Å². The van der Waals surface area contributed by atoms with Crippen molar-refractivity contribution in [3.63, 3.8) is 0 Å². The van der Waals surface area contributed by atoms with Gasteiger partial charge in [0.1, 0.15) is 0 Å². The SMILES string of the molecule is Cc1cc(C)c2c(c1)N(c1ccc3c(c1)-c1ccccc1C3(C)C)c1cc(Cc3ccc(C(C)(C)C)cc3C3(C)CCCCC3(C)C)ccc1B2c1cccc(C2(C)CCCCC2(C)C)c1C. The number of aryl methyl sites for hydroxylation is 2. The Kier molecular flexibility index (Phi) is 10.9. The molecule has 2 fully saturated rings. The van der Waals surface area contributed by atoms with Crippen LogP contribution in [0.1, 0.15) is 183 Å². The van der Waals surface area contributed by atoms with Crippen LogP contribution in [0.15, 0.2) is 109 Å². The maximum absolute atomic E-state index is 2.67. The fourth-order valence-electron chi connectivity index (χ4n) is 14.2. The molecule has 6 aromatic carbocycles. The average molecular weight is 884 g/mol. The Morgan fingerprint density at radius 2 is 1.18 bits per heavy atom. The first-order valence-electron chi connectivity index (χ1n) is 26.1. The van der Waals surface area contributed by atoms with Gasteiger partial charge in [-0.1, -0.05) is 203 Å². The normalized spacial score (nSPS) is 22.5. The van der Waals surface area contributed by atoms with Crippen molar-refractivity contribution in [3.8, 4) is 11.1 Å². The van der Waals surface area contributed by atoms with Gasteiger partial charge >= 0.3 is 0 Å². The first-order valence-corrected chi connectivity index (χ1v) is 26.1. The van der Waals surface area contributed by atoms with Crippen LogP contribution >= 0.6 is 0 Å². The molecule has 2 unspecified atom stereocenters. The van der Waals surface area contributed by atoms with E-state index < -0.39 is 0 Å². The molecule has 2 heteroatoms. The van der Waals surface area contributed by atoms with Crippen molar-refractivity contribution in [1.29, 1.82) is 0 Å². The Morgan fingerprint density at radius 3 is 1.87 bits per heavy atom. The van der Waals surface area contributed by atoms with Crippen LogP contribution in [0.2, 0.25) is 0 Å². The molecular formula is C65H78BN. The smallest absolute Gasteiger partial charge is 0.247 e. The molecule has 0 N–H and O–H groups in total. The average Bonchev–Trinajstić information content (AvgIpc) is 3.50. The van der Waals surface area contributed by atoms with E-state index in [4.69, 9.17) is 0 Å². The summed E-state index contributed by atoms with van der Waals surface area (Å²) in [6.45, 7) is 34.5. The zero-order valence-electron chi connectivity index (χ0n) is 43.8. The van der Waals surface area contributed by atoms with E-state index in [1.807, 2.05) is 0 Å². The van der Waals surface area contributed by atoms with Crippen LogP contribution in [0.3, 0.4) is 0 Å². The Morgan fingerprint density at radius 1 is 0.537 bits per heavy atom. The summed E-state index contributed by atoms with van der Waals surface area (Å²) in [7, 11) is 0. The van der Waals surface area contributed by atoms with Crippen molar-refractivity contribution in [1.82, 2.24) is 0 Å². The fourth-order valence-corrected chi connectivity index (χ4v) is 14.2. The highest BCUT2D eigenvalue weighted by molar-refractivity contribution is 6.98. The number of hydrogen-bond donors (Lipinski definition) is 0. The highest BCUT2D eigenvalue weighted by Crippen LogP contribution is 2.55. The summed E-state index contributed by atoms with van der Waals surface area (Å²) in [6.07, 6.45) is 11.2. The Hall–Kier alpha value is -4.82. The molecule has 0 spiro atoms. The molecule has 0 amide bonds. The van der Waals surface area contributed by atoms with Gasteiger partial charge in [-0.3, -0.25) is 0 Å². The van der Waals surface area contributed by atoms with Crippen molar-refractivity contribution >= 4 is 40.2 Å². The van der Waals surface area contributed by atoms with E-state index in [0.717, 1.165) is 6.42 Å². The largest absolute Gasteiger partial charge is 0.311 e. The van der Waals surface area contributed by atoms with Crippen LogP contribution in [-0.4, -0.2) is 6.71 Å². The zero-order valence-corrected chi connectivity index (χ0v) is 43.8. The second kappa shape index (κ2) is 15.9. The molecule has 346 valence electrons. The minimum Gasteiger partial charge on any atom is -0.311 e. The minimum absolute atomic E-state index is 0.0521. The lowest BCUT2D eigenvalue weighted by Gasteiger charge is -2.50. The maximum Gasteiger partial charge on any atom is 0.247 e. The van der Waals surface area contributed by atoms with Gasteiger partial charge in [-0.25, -0.2) is 0 Å². The second-order valence-corrected chi connectivity index (χ2v) is 25.2. The van der Waals surface area contributed by atoms with Crippen molar-refractivity contribution in [2.75, 3.05) is 4.90 Å². The summed E-state index contributed by atoms with van der Waals surface area (Å²) < 4.78 is 0. The monoisotopic (exact) mass is 884 g/mol. The third-order valence-corrected chi connectivity index (χ3v) is 19.2. The van der Waals surface area contributed by atoms with Gasteiger partial charge in [0.2, 0.25) is 6.71 Å². The molecule has 0 radical (unpaired) electrons. The molecule has 10 rings (SSSR count). The zero-order chi connectivity index (χ0) is 47.6. The summed E-state index contributed by atoms with van der Waals surface area (Å²) in [4.78, 5) is 2.67. The number of fused-ring (bicyclic) bond motifs is 5. The highest BCUT2D eigenvalue weighted by Gasteiger charge is 2.48. The van der Waals surface area contributed by atoms with Crippen molar-refractivity contribution in [2.45, 2.75) is 176 Å². The molecule has 3 aliphatic carbocycles. The molecule has 4 aliphatic rings. The molecule has 2 atom stereocenters. The quantitative estimate of drug-likeness (QED) is 0.150. The Bertz CT molecular complexity index is 2930. The standard InChI is InChI=1S/C65H78BN/c1-42-36-43(2)59-58(37-42)67(48-29-30-53-50(41-48)49-22-15-16-23-52(49)63(53,11)12)57-39-45(38-46-27-28-47(60(4,5)6)40-54(46)65(14)35-20-18-33-62(65,9)10)26-31-56(57)66(59)55-25-21-24-51(44(55)3)64(13)34-19-17-32-61(64,7)8/h15-16,21-31,36-37,39-41H,17-20,32-35,38H2,1-14H3. The van der Waals surface area contributed by atoms with Gasteiger partial charge in [-0.15, -0.1) is 0 Å². The summed E-state index contributed by atoms with van der Waals surface area (Å²) in [5.74, 6) is 0. The summed E-state index contributed by atoms with van der Waals surface area (Å²) in [5, 5.41) is 0. The minimum atomic E-state index is -0.0521. The van der Waals surface area contributed by atoms with Crippen LogP contribution in [-0.2, 0) is 28.1 Å². The van der Waals surface area contributed by atoms with Gasteiger partial charge in [0.05, 0.1) is 0 Å². The second-order valence-electron chi connectivity index (χ2n) is 25.2. The van der Waals surface area contributed by atoms with Crippen LogP contribution in [0.5, 0.6) is 0 Å². The number of hydrogen-bond acceptors (Lipinski definition) is 1. The molecular weight excluding hydrogens is 806 g/mol. The van der Waals surface area contributed by atoms with Crippen molar-refractivity contribution < 1.29 is 0 Å². The van der Waals surface area contributed by atoms with Gasteiger partial charge in [0, 0.05) is 22.5 Å². The van der Waals surface area contributed by atoms with Crippen molar-refractivity contribution in [2.24, 2.45) is 10.8 Å². The summed E-state index contributed by atoms with van der Waals surface area (Å²) in [6, 6.07) is 44.0. The molecule has 0 aromatic heterocycles.